The second kappa shape index (κ2) is 4.99. The normalized spacial score (nSPS) is 11.9. The van der Waals surface area contributed by atoms with Gasteiger partial charge in [-0.1, -0.05) is 17.7 Å². The number of hydrogen-bond acceptors (Lipinski definition) is 3. The summed E-state index contributed by atoms with van der Waals surface area (Å²) in [5.41, 5.74) is 0.774. The maximum Gasteiger partial charge on any atom is 0.339 e. The number of methoxy groups -OCH3 is 1. The standard InChI is InChI=1S/C11H11ClO4/c1-6(10(13)14)7-3-4-8(9(12)5-7)11(15)16-2/h3-6H,1-2H3,(H,13,14). The third-order valence-electron chi connectivity index (χ3n) is 2.27. The molecule has 5 heteroatoms. The van der Waals surface area contributed by atoms with E-state index in [0.717, 1.165) is 0 Å². The molecule has 0 aliphatic rings. The lowest BCUT2D eigenvalue weighted by Gasteiger charge is -2.08. The predicted octanol–water partition coefficient (Wildman–Crippen LogP) is 2.31. The molecular formula is C11H11ClO4. The molecule has 0 aromatic heterocycles. The number of carbonyl (C=O) groups excluding carboxylic acids is 1. The van der Waals surface area contributed by atoms with Crippen molar-refractivity contribution in [3.63, 3.8) is 0 Å². The number of ether oxygens (including phenoxy) is 1. The SMILES string of the molecule is COC(=O)c1ccc(C(C)C(=O)O)cc1Cl. The highest BCUT2D eigenvalue weighted by Gasteiger charge is 2.17. The quantitative estimate of drug-likeness (QED) is 0.827. The van der Waals surface area contributed by atoms with Gasteiger partial charge < -0.3 is 9.84 Å². The zero-order valence-corrected chi connectivity index (χ0v) is 9.62. The molecule has 16 heavy (non-hydrogen) atoms. The Labute approximate surface area is 97.8 Å². The van der Waals surface area contributed by atoms with Crippen molar-refractivity contribution in [2.24, 2.45) is 0 Å². The molecule has 0 heterocycles. The van der Waals surface area contributed by atoms with Crippen molar-refractivity contribution in [3.8, 4) is 0 Å². The minimum absolute atomic E-state index is 0.192. The monoisotopic (exact) mass is 242 g/mol. The average molecular weight is 243 g/mol. The van der Waals surface area contributed by atoms with Gasteiger partial charge in [-0.25, -0.2) is 4.79 Å². The molecule has 1 atom stereocenters. The zero-order chi connectivity index (χ0) is 12.3. The predicted molar refractivity (Wildman–Crippen MR) is 58.8 cm³/mol. The second-order valence-electron chi connectivity index (χ2n) is 3.29. The van der Waals surface area contributed by atoms with Crippen molar-refractivity contribution in [3.05, 3.63) is 34.3 Å². The van der Waals surface area contributed by atoms with Gasteiger partial charge in [0.2, 0.25) is 0 Å². The van der Waals surface area contributed by atoms with Crippen molar-refractivity contribution >= 4 is 23.5 Å². The summed E-state index contributed by atoms with van der Waals surface area (Å²) in [6.07, 6.45) is 0. The Balaban J connectivity index is 3.08. The molecule has 0 aliphatic heterocycles. The van der Waals surface area contributed by atoms with Gasteiger partial charge in [0.15, 0.2) is 0 Å². The van der Waals surface area contributed by atoms with Crippen molar-refractivity contribution < 1.29 is 19.4 Å². The maximum atomic E-state index is 11.2. The van der Waals surface area contributed by atoms with E-state index in [9.17, 15) is 9.59 Å². The van der Waals surface area contributed by atoms with E-state index in [1.54, 1.807) is 13.0 Å². The molecule has 0 saturated carbocycles. The fraction of sp³-hybridized carbons (Fsp3) is 0.273. The number of hydrogen-bond donors (Lipinski definition) is 1. The fourth-order valence-electron chi connectivity index (χ4n) is 1.22. The van der Waals surface area contributed by atoms with Gasteiger partial charge in [0.25, 0.3) is 0 Å². The summed E-state index contributed by atoms with van der Waals surface area (Å²) in [5, 5.41) is 9.01. The number of aliphatic carboxylic acids is 1. The van der Waals surface area contributed by atoms with E-state index < -0.39 is 17.9 Å². The molecule has 0 radical (unpaired) electrons. The Morgan fingerprint density at radius 1 is 1.44 bits per heavy atom. The highest BCUT2D eigenvalue weighted by atomic mass is 35.5. The lowest BCUT2D eigenvalue weighted by Crippen LogP contribution is -2.08. The molecule has 0 aliphatic carbocycles. The van der Waals surface area contributed by atoms with Gasteiger partial charge in [-0.3, -0.25) is 4.79 Å². The van der Waals surface area contributed by atoms with E-state index in [2.05, 4.69) is 4.74 Å². The van der Waals surface area contributed by atoms with Gasteiger partial charge in [0.1, 0.15) is 0 Å². The van der Waals surface area contributed by atoms with E-state index >= 15 is 0 Å². The van der Waals surface area contributed by atoms with Crippen molar-refractivity contribution in [1.29, 1.82) is 0 Å². The van der Waals surface area contributed by atoms with Gasteiger partial charge in [-0.2, -0.15) is 0 Å². The summed E-state index contributed by atoms with van der Waals surface area (Å²) >= 11 is 5.86. The maximum absolute atomic E-state index is 11.2. The number of carboxylic acids is 1. The lowest BCUT2D eigenvalue weighted by atomic mass is 10.00. The molecule has 0 fully saturated rings. The van der Waals surface area contributed by atoms with E-state index in [-0.39, 0.29) is 10.6 Å². The van der Waals surface area contributed by atoms with Crippen molar-refractivity contribution in [1.82, 2.24) is 0 Å². The molecular weight excluding hydrogens is 232 g/mol. The van der Waals surface area contributed by atoms with Crippen LogP contribution in [0.5, 0.6) is 0 Å². The number of esters is 1. The Morgan fingerprint density at radius 3 is 2.50 bits per heavy atom. The molecule has 0 spiro atoms. The van der Waals surface area contributed by atoms with Crippen molar-refractivity contribution in [2.45, 2.75) is 12.8 Å². The number of rotatable bonds is 3. The Bertz CT molecular complexity index is 428. The molecule has 1 aromatic rings. The van der Waals surface area contributed by atoms with Gasteiger partial charge >= 0.3 is 11.9 Å². The summed E-state index contributed by atoms with van der Waals surface area (Å²) < 4.78 is 4.53. The molecule has 1 N–H and O–H groups in total. The van der Waals surface area contributed by atoms with E-state index in [4.69, 9.17) is 16.7 Å². The molecule has 0 saturated heterocycles. The summed E-state index contributed by atoms with van der Waals surface area (Å²) in [7, 11) is 1.26. The third-order valence-corrected chi connectivity index (χ3v) is 2.58. The minimum atomic E-state index is -0.943. The molecule has 0 amide bonds. The van der Waals surface area contributed by atoms with Crippen LogP contribution in [0.25, 0.3) is 0 Å². The zero-order valence-electron chi connectivity index (χ0n) is 8.86. The van der Waals surface area contributed by atoms with E-state index in [0.29, 0.717) is 5.56 Å². The van der Waals surface area contributed by atoms with Gasteiger partial charge in [-0.15, -0.1) is 0 Å². The first kappa shape index (κ1) is 12.5. The van der Waals surface area contributed by atoms with Crippen LogP contribution < -0.4 is 0 Å². The van der Waals surface area contributed by atoms with Crippen LogP contribution in [0.15, 0.2) is 18.2 Å². The van der Waals surface area contributed by atoms with Crippen LogP contribution in [0, 0.1) is 0 Å². The van der Waals surface area contributed by atoms with Crippen LogP contribution in [0.2, 0.25) is 5.02 Å². The van der Waals surface area contributed by atoms with Crippen LogP contribution in [0.4, 0.5) is 0 Å². The van der Waals surface area contributed by atoms with Gasteiger partial charge in [0, 0.05) is 0 Å². The summed E-state index contributed by atoms with van der Waals surface area (Å²) in [4.78, 5) is 22.0. The molecule has 1 rings (SSSR count). The summed E-state index contributed by atoms with van der Waals surface area (Å²) in [6.45, 7) is 1.55. The summed E-state index contributed by atoms with van der Waals surface area (Å²) in [6, 6.07) is 4.48. The van der Waals surface area contributed by atoms with E-state index in [1.807, 2.05) is 0 Å². The van der Waals surface area contributed by atoms with Crippen molar-refractivity contribution in [2.75, 3.05) is 7.11 Å². The average Bonchev–Trinajstić information content (AvgIpc) is 2.26. The van der Waals surface area contributed by atoms with Crippen LogP contribution in [-0.4, -0.2) is 24.2 Å². The number of halogens is 1. The molecule has 1 unspecified atom stereocenters. The molecule has 4 nitrogen and oxygen atoms in total. The lowest BCUT2D eigenvalue weighted by molar-refractivity contribution is -0.138. The van der Waals surface area contributed by atoms with Gasteiger partial charge in [-0.05, 0) is 24.6 Å². The van der Waals surface area contributed by atoms with Crippen LogP contribution in [-0.2, 0) is 9.53 Å². The second-order valence-corrected chi connectivity index (χ2v) is 3.70. The van der Waals surface area contributed by atoms with E-state index in [1.165, 1.54) is 19.2 Å². The molecule has 1 aromatic carbocycles. The Hall–Kier alpha value is -1.55. The smallest absolute Gasteiger partial charge is 0.339 e. The number of carbonyl (C=O) groups is 2. The highest BCUT2D eigenvalue weighted by molar-refractivity contribution is 6.33. The fourth-order valence-corrected chi connectivity index (χ4v) is 1.48. The number of benzene rings is 1. The largest absolute Gasteiger partial charge is 0.481 e. The third kappa shape index (κ3) is 2.52. The topological polar surface area (TPSA) is 63.6 Å². The Morgan fingerprint density at radius 2 is 2.06 bits per heavy atom. The first-order valence-corrected chi connectivity index (χ1v) is 4.95. The van der Waals surface area contributed by atoms with Gasteiger partial charge in [0.05, 0.1) is 23.6 Å². The first-order chi connectivity index (χ1) is 7.47. The number of carboxylic acid groups (broad SMARTS) is 1. The summed E-state index contributed by atoms with van der Waals surface area (Å²) in [5.74, 6) is -2.15. The highest BCUT2D eigenvalue weighted by Crippen LogP contribution is 2.23. The van der Waals surface area contributed by atoms with Crippen LogP contribution >= 0.6 is 11.6 Å². The first-order valence-electron chi connectivity index (χ1n) is 4.58. The molecule has 86 valence electrons. The Kier molecular flexibility index (Phi) is 3.90. The minimum Gasteiger partial charge on any atom is -0.481 e. The van der Waals surface area contributed by atoms with Crippen LogP contribution in [0.3, 0.4) is 0 Å². The van der Waals surface area contributed by atoms with Crippen LogP contribution in [0.1, 0.15) is 28.8 Å². The molecule has 0 bridgehead atoms.